The molecular formula is C46H70N12O6S2. The first-order valence-electron chi connectivity index (χ1n) is 23.9. The number of aromatic amines is 1. The van der Waals surface area contributed by atoms with Gasteiger partial charge < -0.3 is 42.8 Å². The second-order valence-electron chi connectivity index (χ2n) is 17.8. The number of rotatable bonds is 32. The lowest BCUT2D eigenvalue weighted by Crippen LogP contribution is -2.38. The van der Waals surface area contributed by atoms with Crippen LogP contribution in [0.3, 0.4) is 0 Å². The molecule has 362 valence electrons. The van der Waals surface area contributed by atoms with E-state index in [1.54, 1.807) is 18.3 Å². The third-order valence-electron chi connectivity index (χ3n) is 12.4. The van der Waals surface area contributed by atoms with E-state index < -0.39 is 0 Å². The molecule has 6 rings (SSSR count). The second-order valence-corrected chi connectivity index (χ2v) is 20.4. The van der Waals surface area contributed by atoms with E-state index in [1.807, 2.05) is 29.6 Å². The van der Waals surface area contributed by atoms with Gasteiger partial charge in [-0.15, -0.1) is 0 Å². The molecule has 0 aliphatic carbocycles. The van der Waals surface area contributed by atoms with Gasteiger partial charge in [0.25, 0.3) is 5.91 Å². The van der Waals surface area contributed by atoms with Gasteiger partial charge in [-0.2, -0.15) is 38.9 Å². The Labute approximate surface area is 396 Å². The van der Waals surface area contributed by atoms with Gasteiger partial charge in [-0.05, 0) is 74.6 Å². The number of thioether (sulfide) groups is 2. The van der Waals surface area contributed by atoms with E-state index in [0.29, 0.717) is 109 Å². The van der Waals surface area contributed by atoms with Crippen molar-refractivity contribution in [3.63, 3.8) is 0 Å². The number of ketones is 2. The van der Waals surface area contributed by atoms with Crippen molar-refractivity contribution >= 4 is 64.7 Å². The Hall–Kier alpha value is -4.69. The van der Waals surface area contributed by atoms with Crippen molar-refractivity contribution in [1.82, 2.24) is 42.0 Å². The molecule has 2 saturated heterocycles. The van der Waals surface area contributed by atoms with Crippen molar-refractivity contribution in [1.29, 1.82) is 0 Å². The maximum absolute atomic E-state index is 13.3. The first-order valence-corrected chi connectivity index (χ1v) is 26.0. The average molecular weight is 951 g/mol. The van der Waals surface area contributed by atoms with E-state index in [1.165, 1.54) is 0 Å². The molecule has 6 unspecified atom stereocenters. The molecule has 1 aromatic carbocycles. The van der Waals surface area contributed by atoms with Crippen molar-refractivity contribution < 1.29 is 28.7 Å². The maximum atomic E-state index is 13.3. The summed E-state index contributed by atoms with van der Waals surface area (Å²) in [5, 5.41) is 26.5. The summed E-state index contributed by atoms with van der Waals surface area (Å²) in [6, 6.07) is 6.49. The minimum atomic E-state index is -0.312. The normalized spacial score (nSPS) is 21.6. The number of Topliss-reactive ketones (excluding diaryl/α,β-unsaturated/α-hetero) is 2. The Morgan fingerprint density at radius 1 is 0.652 bits per heavy atom. The summed E-state index contributed by atoms with van der Waals surface area (Å²) < 4.78 is 5.58. The van der Waals surface area contributed by atoms with E-state index in [-0.39, 0.29) is 74.0 Å². The quantitative estimate of drug-likeness (QED) is 0.0490. The van der Waals surface area contributed by atoms with Crippen molar-refractivity contribution in [2.24, 2.45) is 21.5 Å². The van der Waals surface area contributed by atoms with Crippen molar-refractivity contribution in [2.75, 3.05) is 37.7 Å². The zero-order chi connectivity index (χ0) is 46.5. The van der Waals surface area contributed by atoms with E-state index in [4.69, 9.17) is 16.2 Å². The topological polar surface area (TPSA) is 273 Å². The molecule has 5 heterocycles. The molecule has 20 heteroatoms. The molecule has 0 bridgehead atoms. The first-order chi connectivity index (χ1) is 32.1. The van der Waals surface area contributed by atoms with Gasteiger partial charge in [0.05, 0.1) is 43.6 Å². The van der Waals surface area contributed by atoms with Crippen molar-refractivity contribution in [3.8, 4) is 0 Å². The first kappa shape index (κ1) is 50.7. The van der Waals surface area contributed by atoms with Crippen molar-refractivity contribution in [3.05, 3.63) is 46.8 Å². The highest BCUT2D eigenvalue weighted by Crippen LogP contribution is 2.36. The summed E-state index contributed by atoms with van der Waals surface area (Å²) in [5.74, 6) is 3.05. The number of benzene rings is 1. The summed E-state index contributed by atoms with van der Waals surface area (Å²) in [6.07, 6.45) is 14.0. The van der Waals surface area contributed by atoms with Gasteiger partial charge in [0.2, 0.25) is 11.8 Å². The molecule has 1 aromatic heterocycles. The van der Waals surface area contributed by atoms with Gasteiger partial charge in [0, 0.05) is 85.7 Å². The lowest BCUT2D eigenvalue weighted by atomic mass is 9.96. The highest BCUT2D eigenvalue weighted by Gasteiger charge is 2.41. The predicted octanol–water partition coefficient (Wildman–Crippen LogP) is 2.99. The van der Waals surface area contributed by atoms with Crippen LogP contribution in [0.2, 0.25) is 0 Å². The van der Waals surface area contributed by atoms with Gasteiger partial charge in [0.15, 0.2) is 11.9 Å². The predicted molar refractivity (Wildman–Crippen MR) is 259 cm³/mol. The van der Waals surface area contributed by atoms with Gasteiger partial charge in [0.1, 0.15) is 17.3 Å². The molecule has 4 aliphatic rings. The molecular weight excluding hydrogens is 881 g/mol. The zero-order valence-corrected chi connectivity index (χ0v) is 39.8. The Kier molecular flexibility index (Phi) is 20.9. The molecule has 4 aliphatic heterocycles. The standard InChI is InChI=1S/C46H70N12O6S2/c47-45-53-36-28-65-38(42(36)55-45)13-5-7-15-40(61)49-17-9-1-3-11-34(59)24-30-21-31(23-32(22-30)44(63)51-19-20-64-27-33-26-52-58-57-33)25-35(60)12-4-2-10-18-50-41(62)16-8-6-14-39-43-37(29-66-39)54-46(48)56-43/h21-23,26,36-39,42-43H,1-20,24-25,27-29H2,(H,49,61)(H,50,62)(H,51,63)(H3,47,53,55)(H3,48,54,56)(H,52,57,58). The molecule has 6 atom stereocenters. The van der Waals surface area contributed by atoms with E-state index >= 15 is 0 Å². The Morgan fingerprint density at radius 3 is 1.70 bits per heavy atom. The van der Waals surface area contributed by atoms with Crippen LogP contribution in [0.25, 0.3) is 0 Å². The Morgan fingerprint density at radius 2 is 1.18 bits per heavy atom. The number of hydrogen-bond donors (Lipinski definition) is 8. The highest BCUT2D eigenvalue weighted by molar-refractivity contribution is 8.00. The third-order valence-corrected chi connectivity index (χ3v) is 15.4. The number of unbranched alkanes of at least 4 members (excludes halogenated alkanes) is 6. The fourth-order valence-electron chi connectivity index (χ4n) is 8.93. The third kappa shape index (κ3) is 17.2. The lowest BCUT2D eigenvalue weighted by molar-refractivity contribution is -0.122. The monoisotopic (exact) mass is 950 g/mol. The highest BCUT2D eigenvalue weighted by atomic mass is 32.2. The summed E-state index contributed by atoms with van der Waals surface area (Å²) in [7, 11) is 0. The smallest absolute Gasteiger partial charge is 0.251 e. The number of nitrogens with one attached hydrogen (secondary N) is 6. The molecule has 2 fully saturated rings. The van der Waals surface area contributed by atoms with Crippen LogP contribution in [0.4, 0.5) is 0 Å². The Bertz CT molecular complexity index is 1860. The minimum Gasteiger partial charge on any atom is -0.373 e. The number of ether oxygens (including phenoxy) is 1. The number of aliphatic imine (C=N–C) groups is 2. The van der Waals surface area contributed by atoms with Crippen LogP contribution < -0.4 is 38.1 Å². The molecule has 2 aromatic rings. The van der Waals surface area contributed by atoms with Crippen LogP contribution >= 0.6 is 23.5 Å². The van der Waals surface area contributed by atoms with Gasteiger partial charge in [-0.25, -0.2) is 9.98 Å². The summed E-state index contributed by atoms with van der Waals surface area (Å²) in [5.41, 5.74) is 14.1. The van der Waals surface area contributed by atoms with E-state index in [0.717, 1.165) is 75.7 Å². The van der Waals surface area contributed by atoms with E-state index in [2.05, 4.69) is 52.0 Å². The summed E-state index contributed by atoms with van der Waals surface area (Å²) >= 11 is 3.87. The molecule has 18 nitrogen and oxygen atoms in total. The van der Waals surface area contributed by atoms with Crippen LogP contribution in [0.5, 0.6) is 0 Å². The van der Waals surface area contributed by atoms with Crippen LogP contribution in [0, 0.1) is 0 Å². The van der Waals surface area contributed by atoms with Crippen molar-refractivity contribution in [2.45, 2.75) is 157 Å². The number of carbonyl (C=O) groups excluding carboxylic acids is 5. The number of nitrogens with zero attached hydrogens (tertiary/aromatic N) is 4. The number of amides is 3. The number of H-pyrrole nitrogens is 1. The summed E-state index contributed by atoms with van der Waals surface area (Å²) in [4.78, 5) is 73.4. The number of carbonyl (C=O) groups is 5. The number of guanidine groups is 2. The number of nitrogens with two attached hydrogens (primary N) is 2. The molecule has 0 saturated carbocycles. The molecule has 0 radical (unpaired) electrons. The fraction of sp³-hybridized carbons (Fsp3) is 0.674. The zero-order valence-electron chi connectivity index (χ0n) is 38.2. The molecule has 3 amide bonds. The van der Waals surface area contributed by atoms with Gasteiger partial charge in [-0.3, -0.25) is 24.0 Å². The Balaban J connectivity index is 0.844. The minimum absolute atomic E-state index is 0.0554. The van der Waals surface area contributed by atoms with Crippen LogP contribution in [0.15, 0.2) is 34.4 Å². The number of hydrogen-bond acceptors (Lipinski definition) is 16. The summed E-state index contributed by atoms with van der Waals surface area (Å²) in [6.45, 7) is 1.96. The van der Waals surface area contributed by atoms with Crippen LogP contribution in [-0.2, 0) is 43.4 Å². The fourth-order valence-corrected chi connectivity index (χ4v) is 12.0. The van der Waals surface area contributed by atoms with Gasteiger partial charge in [-0.1, -0.05) is 31.7 Å². The van der Waals surface area contributed by atoms with Crippen LogP contribution in [0.1, 0.15) is 130 Å². The second kappa shape index (κ2) is 27.2. The maximum Gasteiger partial charge on any atom is 0.251 e. The number of aromatic nitrogens is 3. The largest absolute Gasteiger partial charge is 0.373 e. The SMILES string of the molecule is NC1=NC2C(CSC2CCCCC(=O)NCCCCCC(=O)Cc2cc(CC(=O)CCCCCNC(=O)CCCCC3SCC4NC(N)=NC43)cc(C(=O)NCCOCc3cn[nH]n3)c2)N1. The molecule has 0 spiro atoms. The molecule has 10 N–H and O–H groups in total. The van der Waals surface area contributed by atoms with E-state index in [9.17, 15) is 24.0 Å². The van der Waals surface area contributed by atoms with Gasteiger partial charge >= 0.3 is 0 Å². The average Bonchev–Trinajstić information content (AvgIpc) is 4.14. The lowest BCUT2D eigenvalue weighted by Gasteiger charge is -2.14. The molecule has 66 heavy (non-hydrogen) atoms. The number of fused-ring (bicyclic) bond motifs is 2. The van der Waals surface area contributed by atoms with Crippen LogP contribution in [-0.4, -0.2) is 129 Å².